The lowest BCUT2D eigenvalue weighted by Crippen LogP contribution is -2.13. The predicted molar refractivity (Wildman–Crippen MR) is 66.8 cm³/mol. The normalized spacial score (nSPS) is 10.9. The number of fused-ring (bicyclic) bond motifs is 1. The number of hydrogen-bond donors (Lipinski definition) is 2. The fourth-order valence-electron chi connectivity index (χ4n) is 1.82. The van der Waals surface area contributed by atoms with Crippen LogP contribution in [-0.4, -0.2) is 24.7 Å². The highest BCUT2D eigenvalue weighted by Gasteiger charge is 2.12. The molecule has 18 heavy (non-hydrogen) atoms. The van der Waals surface area contributed by atoms with Crippen molar-refractivity contribution >= 4 is 16.7 Å². The molecule has 7 nitrogen and oxygen atoms in total. The Labute approximate surface area is 101 Å². The van der Waals surface area contributed by atoms with E-state index in [2.05, 4.69) is 20.2 Å². The molecule has 0 atom stereocenters. The van der Waals surface area contributed by atoms with Gasteiger partial charge >= 0.3 is 0 Å². The van der Waals surface area contributed by atoms with Crippen molar-refractivity contribution in [3.05, 3.63) is 34.9 Å². The van der Waals surface area contributed by atoms with Crippen LogP contribution in [0, 0.1) is 0 Å². The van der Waals surface area contributed by atoms with Crippen LogP contribution in [-0.2, 0) is 7.05 Å². The summed E-state index contributed by atoms with van der Waals surface area (Å²) in [7, 11) is 1.87. The van der Waals surface area contributed by atoms with E-state index in [-0.39, 0.29) is 5.69 Å². The number of pyridine rings is 1. The predicted octanol–water partition coefficient (Wildman–Crippen LogP) is 0.301. The van der Waals surface area contributed by atoms with E-state index in [9.17, 15) is 4.79 Å². The number of aromatic nitrogens is 5. The zero-order chi connectivity index (χ0) is 12.7. The molecule has 0 fully saturated rings. The average Bonchev–Trinajstić information content (AvgIpc) is 2.71. The van der Waals surface area contributed by atoms with Gasteiger partial charge in [-0.15, -0.1) is 0 Å². The lowest BCUT2D eigenvalue weighted by Gasteiger charge is -2.01. The van der Waals surface area contributed by atoms with Gasteiger partial charge < -0.3 is 10.3 Å². The summed E-state index contributed by atoms with van der Waals surface area (Å²) in [5.41, 5.74) is 7.50. The topological polar surface area (TPSA) is 102 Å². The Bertz CT molecular complexity index is 788. The third-order valence-corrected chi connectivity index (χ3v) is 2.74. The second-order valence-corrected chi connectivity index (χ2v) is 3.90. The summed E-state index contributed by atoms with van der Waals surface area (Å²) in [5.74, 6) is 0.626. The average molecular weight is 242 g/mol. The van der Waals surface area contributed by atoms with Gasteiger partial charge in [-0.1, -0.05) is 0 Å². The second kappa shape index (κ2) is 3.66. The SMILES string of the molecule is Cn1c(-c2cc(N)c(=O)[nH]n2)nc2cnccc21. The smallest absolute Gasteiger partial charge is 0.287 e. The number of H-pyrrole nitrogens is 1. The van der Waals surface area contributed by atoms with Gasteiger partial charge in [-0.25, -0.2) is 10.1 Å². The lowest BCUT2D eigenvalue weighted by atomic mass is 10.3. The van der Waals surface area contributed by atoms with Crippen molar-refractivity contribution in [3.8, 4) is 11.5 Å². The lowest BCUT2D eigenvalue weighted by molar-refractivity contribution is 0.921. The summed E-state index contributed by atoms with van der Waals surface area (Å²) in [4.78, 5) is 19.6. The number of aromatic amines is 1. The highest BCUT2D eigenvalue weighted by atomic mass is 16.1. The van der Waals surface area contributed by atoms with E-state index >= 15 is 0 Å². The van der Waals surface area contributed by atoms with E-state index in [1.165, 1.54) is 6.07 Å². The highest BCUT2D eigenvalue weighted by molar-refractivity contribution is 5.79. The van der Waals surface area contributed by atoms with Crippen LogP contribution in [0.3, 0.4) is 0 Å². The molecule has 0 amide bonds. The molecule has 3 aromatic rings. The Balaban J connectivity index is 2.28. The van der Waals surface area contributed by atoms with Crippen LogP contribution in [0.25, 0.3) is 22.6 Å². The van der Waals surface area contributed by atoms with E-state index < -0.39 is 5.56 Å². The number of nitrogens with two attached hydrogens (primary N) is 1. The van der Waals surface area contributed by atoms with Crippen LogP contribution in [0.15, 0.2) is 29.3 Å². The van der Waals surface area contributed by atoms with Gasteiger partial charge in [0.15, 0.2) is 5.82 Å². The maximum Gasteiger partial charge on any atom is 0.287 e. The summed E-state index contributed by atoms with van der Waals surface area (Å²) in [6, 6.07) is 3.37. The largest absolute Gasteiger partial charge is 0.394 e. The first-order valence-electron chi connectivity index (χ1n) is 5.29. The first-order valence-corrected chi connectivity index (χ1v) is 5.29. The zero-order valence-electron chi connectivity index (χ0n) is 9.58. The van der Waals surface area contributed by atoms with Crippen molar-refractivity contribution < 1.29 is 0 Å². The molecule has 0 unspecified atom stereocenters. The van der Waals surface area contributed by atoms with Gasteiger partial charge in [0.2, 0.25) is 0 Å². The zero-order valence-corrected chi connectivity index (χ0v) is 9.58. The van der Waals surface area contributed by atoms with Crippen LogP contribution >= 0.6 is 0 Å². The van der Waals surface area contributed by atoms with Gasteiger partial charge in [-0.2, -0.15) is 5.10 Å². The van der Waals surface area contributed by atoms with Crippen LogP contribution in [0.2, 0.25) is 0 Å². The minimum absolute atomic E-state index is 0.116. The van der Waals surface area contributed by atoms with E-state index in [4.69, 9.17) is 5.73 Å². The summed E-state index contributed by atoms with van der Waals surface area (Å²) >= 11 is 0. The number of nitrogens with zero attached hydrogens (tertiary/aromatic N) is 4. The summed E-state index contributed by atoms with van der Waals surface area (Å²) < 4.78 is 1.87. The molecule has 0 saturated heterocycles. The van der Waals surface area contributed by atoms with Crippen LogP contribution < -0.4 is 11.3 Å². The minimum atomic E-state index is -0.404. The summed E-state index contributed by atoms with van der Waals surface area (Å²) in [6.45, 7) is 0. The van der Waals surface area contributed by atoms with Gasteiger partial charge in [0.05, 0.1) is 11.7 Å². The van der Waals surface area contributed by atoms with Crippen molar-refractivity contribution in [3.63, 3.8) is 0 Å². The van der Waals surface area contributed by atoms with Gasteiger partial charge in [0, 0.05) is 13.2 Å². The fourth-order valence-corrected chi connectivity index (χ4v) is 1.82. The molecule has 3 rings (SSSR count). The standard InChI is InChI=1S/C11H10N6O/c1-17-9-2-3-13-5-8(9)14-10(17)7-4-6(12)11(18)16-15-7/h2-5H,1H3,(H2,12,15)(H,16,18). The highest BCUT2D eigenvalue weighted by Crippen LogP contribution is 2.21. The fraction of sp³-hybridized carbons (Fsp3) is 0.0909. The Kier molecular flexibility index (Phi) is 2.12. The van der Waals surface area contributed by atoms with Crippen LogP contribution in [0.1, 0.15) is 0 Å². The Morgan fingerprint density at radius 3 is 3.00 bits per heavy atom. The first kappa shape index (κ1) is 10.5. The number of imidazole rings is 1. The van der Waals surface area contributed by atoms with Crippen molar-refractivity contribution in [2.45, 2.75) is 0 Å². The molecule has 0 aliphatic heterocycles. The third-order valence-electron chi connectivity index (χ3n) is 2.74. The molecule has 0 bridgehead atoms. The van der Waals surface area contributed by atoms with E-state index in [1.807, 2.05) is 17.7 Å². The molecule has 90 valence electrons. The van der Waals surface area contributed by atoms with E-state index in [1.54, 1.807) is 12.4 Å². The Morgan fingerprint density at radius 2 is 2.28 bits per heavy atom. The molecule has 3 aromatic heterocycles. The number of hydrogen-bond acceptors (Lipinski definition) is 5. The van der Waals surface area contributed by atoms with Crippen molar-refractivity contribution in [1.29, 1.82) is 0 Å². The Morgan fingerprint density at radius 1 is 1.44 bits per heavy atom. The molecule has 3 N–H and O–H groups in total. The van der Waals surface area contributed by atoms with E-state index in [0.717, 1.165) is 11.0 Å². The van der Waals surface area contributed by atoms with Gasteiger partial charge in [-0.3, -0.25) is 9.78 Å². The van der Waals surface area contributed by atoms with Crippen LogP contribution in [0.5, 0.6) is 0 Å². The maximum absolute atomic E-state index is 11.2. The number of aryl methyl sites for hydroxylation is 1. The number of anilines is 1. The first-order chi connectivity index (χ1) is 8.66. The minimum Gasteiger partial charge on any atom is -0.394 e. The number of rotatable bonds is 1. The number of nitrogens with one attached hydrogen (secondary N) is 1. The van der Waals surface area contributed by atoms with Crippen LogP contribution in [0.4, 0.5) is 5.69 Å². The molecule has 0 saturated carbocycles. The molecule has 7 heteroatoms. The van der Waals surface area contributed by atoms with Gasteiger partial charge in [-0.05, 0) is 12.1 Å². The monoisotopic (exact) mass is 242 g/mol. The van der Waals surface area contributed by atoms with Gasteiger partial charge in [0.1, 0.15) is 16.9 Å². The summed E-state index contributed by atoms with van der Waals surface area (Å²) in [6.07, 6.45) is 3.37. The third kappa shape index (κ3) is 1.45. The van der Waals surface area contributed by atoms with Crippen molar-refractivity contribution in [2.24, 2.45) is 7.05 Å². The second-order valence-electron chi connectivity index (χ2n) is 3.90. The maximum atomic E-state index is 11.2. The molecule has 3 heterocycles. The molecular formula is C11H10N6O. The molecule has 0 aromatic carbocycles. The molecule has 0 radical (unpaired) electrons. The summed E-state index contributed by atoms with van der Waals surface area (Å²) in [5, 5.41) is 6.28. The van der Waals surface area contributed by atoms with E-state index in [0.29, 0.717) is 11.5 Å². The quantitative estimate of drug-likeness (QED) is 0.639. The molecule has 0 aliphatic carbocycles. The van der Waals surface area contributed by atoms with Crippen molar-refractivity contribution in [1.82, 2.24) is 24.7 Å². The molecule has 0 aliphatic rings. The number of nitrogen functional groups attached to an aromatic ring is 1. The Hall–Kier alpha value is -2.70. The van der Waals surface area contributed by atoms with Gasteiger partial charge in [0.25, 0.3) is 5.56 Å². The molecule has 0 spiro atoms. The molecular weight excluding hydrogens is 232 g/mol. The van der Waals surface area contributed by atoms with Crippen molar-refractivity contribution in [2.75, 3.05) is 5.73 Å².